The monoisotopic (exact) mass is 350 g/mol. The summed E-state index contributed by atoms with van der Waals surface area (Å²) in [6.07, 6.45) is 6.35. The highest BCUT2D eigenvalue weighted by Gasteiger charge is 2.31. The summed E-state index contributed by atoms with van der Waals surface area (Å²) in [5.74, 6) is 1.70. The second-order valence-corrected chi connectivity index (χ2v) is 9.19. The Labute approximate surface area is 144 Å². The normalized spacial score (nSPS) is 22.8. The van der Waals surface area contributed by atoms with Gasteiger partial charge in [0.1, 0.15) is 5.75 Å². The van der Waals surface area contributed by atoms with E-state index in [4.69, 9.17) is 4.74 Å². The summed E-state index contributed by atoms with van der Waals surface area (Å²) in [5, 5.41) is 3.60. The lowest BCUT2D eigenvalue weighted by Crippen LogP contribution is -2.45. The highest BCUT2D eigenvalue weighted by atomic mass is 32.2. The fraction of sp³-hybridized carbons (Fsp3) is 0.667. The van der Waals surface area contributed by atoms with Crippen LogP contribution in [0.5, 0.6) is 5.75 Å². The van der Waals surface area contributed by atoms with E-state index >= 15 is 0 Å². The zero-order chi connectivity index (χ0) is 16.6. The molecule has 0 aromatic heterocycles. The third-order valence-electron chi connectivity index (χ3n) is 5.36. The van der Waals surface area contributed by atoms with Gasteiger partial charge in [-0.2, -0.15) is 4.31 Å². The number of rotatable bonds is 5. The number of hydrogen-bond acceptors (Lipinski definition) is 4. The first-order valence-electron chi connectivity index (χ1n) is 9.12. The lowest BCUT2D eigenvalue weighted by Gasteiger charge is -2.32. The fourth-order valence-electron chi connectivity index (χ4n) is 3.60. The van der Waals surface area contributed by atoms with Crippen molar-refractivity contribution in [2.24, 2.45) is 5.92 Å². The Kier molecular flexibility index (Phi) is 4.54. The molecule has 0 radical (unpaired) electrons. The van der Waals surface area contributed by atoms with Crippen LogP contribution in [-0.4, -0.2) is 45.0 Å². The first-order chi connectivity index (χ1) is 11.6. The lowest BCUT2D eigenvalue weighted by atomic mass is 10.1. The SMILES string of the molecule is O=S(=O)(c1ccc2c(c1)CCCO2)N1CCC(NCC2CC2)CC1. The summed E-state index contributed by atoms with van der Waals surface area (Å²) >= 11 is 0. The molecule has 1 aliphatic carbocycles. The molecular formula is C18H26N2O3S. The van der Waals surface area contributed by atoms with Gasteiger partial charge in [-0.25, -0.2) is 8.42 Å². The van der Waals surface area contributed by atoms with Gasteiger partial charge < -0.3 is 10.1 Å². The van der Waals surface area contributed by atoms with Gasteiger partial charge in [-0.05, 0) is 74.8 Å². The van der Waals surface area contributed by atoms with Crippen molar-refractivity contribution in [3.05, 3.63) is 23.8 Å². The largest absolute Gasteiger partial charge is 0.493 e. The molecule has 0 amide bonds. The van der Waals surface area contributed by atoms with Crippen molar-refractivity contribution in [3.63, 3.8) is 0 Å². The number of nitrogens with one attached hydrogen (secondary N) is 1. The maximum Gasteiger partial charge on any atom is 0.243 e. The van der Waals surface area contributed by atoms with Crippen molar-refractivity contribution in [1.29, 1.82) is 0 Å². The first kappa shape index (κ1) is 16.4. The molecule has 6 heteroatoms. The molecule has 1 aromatic carbocycles. The van der Waals surface area contributed by atoms with Gasteiger partial charge in [0, 0.05) is 19.1 Å². The Morgan fingerprint density at radius 2 is 1.96 bits per heavy atom. The molecule has 1 saturated heterocycles. The van der Waals surface area contributed by atoms with E-state index in [2.05, 4.69) is 5.32 Å². The molecule has 2 heterocycles. The Morgan fingerprint density at radius 1 is 1.17 bits per heavy atom. The maximum atomic E-state index is 12.9. The van der Waals surface area contributed by atoms with Gasteiger partial charge in [0.15, 0.2) is 0 Å². The van der Waals surface area contributed by atoms with Crippen LogP contribution >= 0.6 is 0 Å². The molecule has 24 heavy (non-hydrogen) atoms. The molecule has 0 spiro atoms. The molecular weight excluding hydrogens is 324 g/mol. The van der Waals surface area contributed by atoms with Gasteiger partial charge >= 0.3 is 0 Å². The van der Waals surface area contributed by atoms with Crippen LogP contribution in [0.1, 0.15) is 37.7 Å². The van der Waals surface area contributed by atoms with Gasteiger partial charge in [0.05, 0.1) is 11.5 Å². The van der Waals surface area contributed by atoms with E-state index in [9.17, 15) is 8.42 Å². The molecule has 0 atom stereocenters. The smallest absolute Gasteiger partial charge is 0.243 e. The topological polar surface area (TPSA) is 58.6 Å². The van der Waals surface area contributed by atoms with Crippen LogP contribution in [0.15, 0.2) is 23.1 Å². The summed E-state index contributed by atoms with van der Waals surface area (Å²) in [6, 6.07) is 5.78. The average Bonchev–Trinajstić information content (AvgIpc) is 3.44. The van der Waals surface area contributed by atoms with Crippen LogP contribution in [0.3, 0.4) is 0 Å². The molecule has 4 rings (SSSR count). The Hall–Kier alpha value is -1.11. The highest BCUT2D eigenvalue weighted by Crippen LogP contribution is 2.30. The number of sulfonamides is 1. The van der Waals surface area contributed by atoms with Crippen molar-refractivity contribution in [2.45, 2.75) is 49.5 Å². The second kappa shape index (κ2) is 6.65. The van der Waals surface area contributed by atoms with Crippen LogP contribution in [-0.2, 0) is 16.4 Å². The number of nitrogens with zero attached hydrogens (tertiary/aromatic N) is 1. The zero-order valence-electron chi connectivity index (χ0n) is 14.0. The average molecular weight is 350 g/mol. The summed E-state index contributed by atoms with van der Waals surface area (Å²) in [5.41, 5.74) is 1.02. The molecule has 0 bridgehead atoms. The van der Waals surface area contributed by atoms with Gasteiger partial charge in [-0.1, -0.05) is 0 Å². The van der Waals surface area contributed by atoms with E-state index in [0.29, 0.717) is 24.0 Å². The van der Waals surface area contributed by atoms with Crippen LogP contribution < -0.4 is 10.1 Å². The Balaban J connectivity index is 1.41. The second-order valence-electron chi connectivity index (χ2n) is 7.25. The Morgan fingerprint density at radius 3 is 2.71 bits per heavy atom. The number of hydrogen-bond donors (Lipinski definition) is 1. The molecule has 1 N–H and O–H groups in total. The third-order valence-corrected chi connectivity index (χ3v) is 7.26. The quantitative estimate of drug-likeness (QED) is 0.884. The fourth-order valence-corrected chi connectivity index (χ4v) is 5.12. The molecule has 1 saturated carbocycles. The Bertz CT molecular complexity index is 692. The summed E-state index contributed by atoms with van der Waals surface area (Å²) in [4.78, 5) is 0.413. The van der Waals surface area contributed by atoms with Crippen molar-refractivity contribution in [3.8, 4) is 5.75 Å². The molecule has 1 aromatic rings. The third kappa shape index (κ3) is 3.46. The van der Waals surface area contributed by atoms with E-state index in [-0.39, 0.29) is 0 Å². The van der Waals surface area contributed by atoms with Gasteiger partial charge in [0.2, 0.25) is 10.0 Å². The number of piperidine rings is 1. The number of aryl methyl sites for hydroxylation is 1. The lowest BCUT2D eigenvalue weighted by molar-refractivity contribution is 0.285. The van der Waals surface area contributed by atoms with Crippen LogP contribution in [0.4, 0.5) is 0 Å². The molecule has 3 aliphatic rings. The molecule has 132 valence electrons. The van der Waals surface area contributed by atoms with Crippen molar-refractivity contribution >= 4 is 10.0 Å². The van der Waals surface area contributed by atoms with Crippen molar-refractivity contribution < 1.29 is 13.2 Å². The highest BCUT2D eigenvalue weighted by molar-refractivity contribution is 7.89. The minimum Gasteiger partial charge on any atom is -0.493 e. The standard InChI is InChI=1S/C18H26N2O3S/c21-24(22,17-5-6-18-15(12-17)2-1-11-23-18)20-9-7-16(8-10-20)19-13-14-3-4-14/h5-6,12,14,16,19H,1-4,7-11,13H2. The molecule has 2 aliphatic heterocycles. The first-order valence-corrected chi connectivity index (χ1v) is 10.6. The maximum absolute atomic E-state index is 12.9. The summed E-state index contributed by atoms with van der Waals surface area (Å²) in [7, 11) is -3.39. The van der Waals surface area contributed by atoms with Crippen molar-refractivity contribution in [1.82, 2.24) is 9.62 Å². The zero-order valence-corrected chi connectivity index (χ0v) is 14.9. The number of benzene rings is 1. The van der Waals surface area contributed by atoms with E-state index in [1.165, 1.54) is 12.8 Å². The van der Waals surface area contributed by atoms with E-state index < -0.39 is 10.0 Å². The molecule has 0 unspecified atom stereocenters. The minimum absolute atomic E-state index is 0.413. The van der Waals surface area contributed by atoms with Gasteiger partial charge in [0.25, 0.3) is 0 Å². The predicted molar refractivity (Wildman–Crippen MR) is 92.8 cm³/mol. The van der Waals surface area contributed by atoms with Gasteiger partial charge in [-0.3, -0.25) is 0 Å². The number of fused-ring (bicyclic) bond motifs is 1. The van der Waals surface area contributed by atoms with Crippen LogP contribution in [0.25, 0.3) is 0 Å². The van der Waals surface area contributed by atoms with Gasteiger partial charge in [-0.15, -0.1) is 0 Å². The molecule has 5 nitrogen and oxygen atoms in total. The van der Waals surface area contributed by atoms with E-state index in [1.807, 2.05) is 6.07 Å². The number of ether oxygens (including phenoxy) is 1. The van der Waals surface area contributed by atoms with E-state index in [0.717, 1.165) is 56.1 Å². The van der Waals surface area contributed by atoms with Crippen LogP contribution in [0, 0.1) is 5.92 Å². The predicted octanol–water partition coefficient (Wildman–Crippen LogP) is 2.16. The molecule has 2 fully saturated rings. The summed E-state index contributed by atoms with van der Waals surface area (Å²) < 4.78 is 33.1. The van der Waals surface area contributed by atoms with Crippen LogP contribution in [0.2, 0.25) is 0 Å². The van der Waals surface area contributed by atoms with Crippen molar-refractivity contribution in [2.75, 3.05) is 26.2 Å². The minimum atomic E-state index is -3.39. The van der Waals surface area contributed by atoms with E-state index in [1.54, 1.807) is 16.4 Å². The summed E-state index contributed by atoms with van der Waals surface area (Å²) in [6.45, 7) is 3.04.